The van der Waals surface area contributed by atoms with Crippen LogP contribution in [0, 0.1) is 0 Å². The third kappa shape index (κ3) is 5.56. The van der Waals surface area contributed by atoms with Gasteiger partial charge >= 0.3 is 0 Å². The van der Waals surface area contributed by atoms with E-state index in [1.807, 2.05) is 24.3 Å². The molecule has 0 fully saturated rings. The van der Waals surface area contributed by atoms with Crippen LogP contribution < -0.4 is 0 Å². The van der Waals surface area contributed by atoms with Gasteiger partial charge in [0.25, 0.3) is 0 Å². The smallest absolute Gasteiger partial charge is 0.207 e. The van der Waals surface area contributed by atoms with E-state index in [4.69, 9.17) is 9.47 Å². The van der Waals surface area contributed by atoms with Crippen molar-refractivity contribution in [1.29, 1.82) is 0 Å². The lowest BCUT2D eigenvalue weighted by Gasteiger charge is -2.09. The molecular formula is C16H16O4S. The minimum absolute atomic E-state index is 0.292. The topological polar surface area (TPSA) is 52.6 Å². The molecule has 0 atom stereocenters. The molecule has 5 heteroatoms. The number of rotatable bonds is 0. The van der Waals surface area contributed by atoms with Crippen LogP contribution in [0.15, 0.2) is 58.7 Å². The Kier molecular flexibility index (Phi) is 5.76. The first-order valence-electron chi connectivity index (χ1n) is 6.47. The number of sulfone groups is 1. The fourth-order valence-corrected chi connectivity index (χ4v) is 2.35. The number of hydrogen-bond acceptors (Lipinski definition) is 4. The summed E-state index contributed by atoms with van der Waals surface area (Å²) in [7, 11) is -3.44. The summed E-state index contributed by atoms with van der Waals surface area (Å²) < 4.78 is 34.0. The molecule has 1 aliphatic rings. The number of fused-ring (bicyclic) bond motifs is 1. The molecular weight excluding hydrogens is 288 g/mol. The molecule has 1 aliphatic heterocycles. The molecule has 1 aromatic rings. The highest BCUT2D eigenvalue weighted by Crippen LogP contribution is 2.11. The van der Waals surface area contributed by atoms with Crippen molar-refractivity contribution in [2.24, 2.45) is 0 Å². The molecule has 0 aliphatic carbocycles. The molecule has 0 unspecified atom stereocenters. The predicted octanol–water partition coefficient (Wildman–Crippen LogP) is 2.49. The van der Waals surface area contributed by atoms with Crippen molar-refractivity contribution in [2.45, 2.75) is 13.2 Å². The molecule has 110 valence electrons. The normalized spacial score (nSPS) is 18.7. The van der Waals surface area contributed by atoms with E-state index in [-0.39, 0.29) is 0 Å². The Balaban J connectivity index is 2.19. The van der Waals surface area contributed by atoms with Crippen LogP contribution in [0.1, 0.15) is 11.1 Å². The van der Waals surface area contributed by atoms with Gasteiger partial charge in [-0.2, -0.15) is 0 Å². The molecule has 0 N–H and O–H groups in total. The highest BCUT2D eigenvalue weighted by atomic mass is 32.2. The number of benzene rings is 1. The zero-order chi connectivity index (χ0) is 15.0. The van der Waals surface area contributed by atoms with Crippen LogP contribution in [-0.4, -0.2) is 21.6 Å². The van der Waals surface area contributed by atoms with Crippen molar-refractivity contribution < 1.29 is 17.9 Å². The van der Waals surface area contributed by atoms with Crippen molar-refractivity contribution in [2.75, 3.05) is 13.2 Å². The van der Waals surface area contributed by atoms with E-state index in [9.17, 15) is 8.42 Å². The van der Waals surface area contributed by atoms with Gasteiger partial charge in [0.05, 0.1) is 37.2 Å². The van der Waals surface area contributed by atoms with Crippen LogP contribution in [0.4, 0.5) is 0 Å². The van der Waals surface area contributed by atoms with E-state index in [0.29, 0.717) is 26.4 Å². The van der Waals surface area contributed by atoms with Gasteiger partial charge in [-0.1, -0.05) is 24.3 Å². The number of ether oxygens (including phenoxy) is 2. The Morgan fingerprint density at radius 3 is 1.81 bits per heavy atom. The first-order chi connectivity index (χ1) is 10.2. The minimum atomic E-state index is -3.44. The van der Waals surface area contributed by atoms with Gasteiger partial charge in [-0.25, -0.2) is 8.42 Å². The second-order valence-corrected chi connectivity index (χ2v) is 6.01. The Morgan fingerprint density at radius 2 is 1.33 bits per heavy atom. The van der Waals surface area contributed by atoms with E-state index >= 15 is 0 Å². The van der Waals surface area contributed by atoms with E-state index in [1.165, 1.54) is 12.2 Å². The van der Waals surface area contributed by atoms with Gasteiger partial charge in [0.1, 0.15) is 0 Å². The third-order valence-corrected chi connectivity index (χ3v) is 3.67. The highest BCUT2D eigenvalue weighted by Gasteiger charge is 2.02. The molecule has 0 amide bonds. The average molecular weight is 304 g/mol. The van der Waals surface area contributed by atoms with Crippen LogP contribution in [0.5, 0.6) is 0 Å². The monoisotopic (exact) mass is 304 g/mol. The highest BCUT2D eigenvalue weighted by molar-refractivity contribution is 7.97. The molecule has 0 saturated heterocycles. The van der Waals surface area contributed by atoms with Crippen molar-refractivity contribution in [3.05, 3.63) is 69.8 Å². The molecule has 4 nitrogen and oxygen atoms in total. The Hall–Kier alpha value is -1.87. The van der Waals surface area contributed by atoms with E-state index in [1.54, 1.807) is 0 Å². The second-order valence-electron chi connectivity index (χ2n) is 4.37. The average Bonchev–Trinajstić information content (AvgIpc) is 2.47. The molecule has 0 saturated carbocycles. The fourth-order valence-electron chi connectivity index (χ4n) is 1.71. The Labute approximate surface area is 124 Å². The molecule has 1 heterocycles. The molecule has 0 spiro atoms. The summed E-state index contributed by atoms with van der Waals surface area (Å²) in [5, 5.41) is 1.98. The van der Waals surface area contributed by atoms with Crippen molar-refractivity contribution in [1.82, 2.24) is 0 Å². The maximum Gasteiger partial charge on any atom is 0.207 e. The van der Waals surface area contributed by atoms with Gasteiger partial charge in [-0.05, 0) is 23.3 Å². The first kappa shape index (κ1) is 15.5. The predicted molar refractivity (Wildman–Crippen MR) is 80.0 cm³/mol. The van der Waals surface area contributed by atoms with Gasteiger partial charge in [-0.15, -0.1) is 11.5 Å². The Morgan fingerprint density at radius 1 is 0.857 bits per heavy atom. The van der Waals surface area contributed by atoms with E-state index in [0.717, 1.165) is 21.9 Å². The van der Waals surface area contributed by atoms with E-state index in [2.05, 4.69) is 11.5 Å². The lowest BCUT2D eigenvalue weighted by Crippen LogP contribution is -2.00. The summed E-state index contributed by atoms with van der Waals surface area (Å²) in [4.78, 5) is 0. The maximum absolute atomic E-state index is 11.5. The third-order valence-electron chi connectivity index (χ3n) is 2.74. The van der Waals surface area contributed by atoms with Gasteiger partial charge in [0.15, 0.2) is 0 Å². The summed E-state index contributed by atoms with van der Waals surface area (Å²) in [6.45, 7) is 1.47. The molecule has 0 bridgehead atoms. The molecule has 21 heavy (non-hydrogen) atoms. The molecule has 0 radical (unpaired) electrons. The van der Waals surface area contributed by atoms with Crippen LogP contribution in [0.2, 0.25) is 0 Å². The zero-order valence-electron chi connectivity index (χ0n) is 11.5. The van der Waals surface area contributed by atoms with Gasteiger partial charge < -0.3 is 9.47 Å². The fraction of sp³-hybridized carbons (Fsp3) is 0.250. The molecule has 0 aromatic heterocycles. The van der Waals surface area contributed by atoms with Crippen molar-refractivity contribution in [3.63, 3.8) is 0 Å². The van der Waals surface area contributed by atoms with Crippen LogP contribution in [-0.2, 0) is 32.5 Å². The lowest BCUT2D eigenvalue weighted by molar-refractivity contribution is 0.134. The summed E-state index contributed by atoms with van der Waals surface area (Å²) in [5.74, 6) is 0. The van der Waals surface area contributed by atoms with Gasteiger partial charge in [-0.3, -0.25) is 0 Å². The summed E-state index contributed by atoms with van der Waals surface area (Å²) in [5.41, 5.74) is 7.28. The van der Waals surface area contributed by atoms with Crippen molar-refractivity contribution >= 4 is 9.84 Å². The summed E-state index contributed by atoms with van der Waals surface area (Å²) in [6, 6.07) is 7.86. The molecule has 1 aromatic carbocycles. The van der Waals surface area contributed by atoms with Gasteiger partial charge in [0.2, 0.25) is 9.84 Å². The first-order valence-corrected chi connectivity index (χ1v) is 8.07. The van der Waals surface area contributed by atoms with Gasteiger partial charge in [0, 0.05) is 0 Å². The zero-order valence-corrected chi connectivity index (χ0v) is 12.3. The van der Waals surface area contributed by atoms with Crippen molar-refractivity contribution in [3.8, 4) is 0 Å². The quantitative estimate of drug-likeness (QED) is 0.691. The molecule has 2 rings (SSSR count). The van der Waals surface area contributed by atoms with Crippen LogP contribution >= 0.6 is 0 Å². The number of hydrogen-bond donors (Lipinski definition) is 0. The largest absolute Gasteiger partial charge is 0.372 e. The second kappa shape index (κ2) is 7.79. The van der Waals surface area contributed by atoms with Crippen LogP contribution in [0.3, 0.4) is 0 Å². The SMILES string of the molecule is O=S1(=O)C=C=CCOCc2ccccc2COCC=C=C1. The lowest BCUT2D eigenvalue weighted by atomic mass is 10.1. The Bertz CT molecular complexity index is 649. The van der Waals surface area contributed by atoms with Crippen LogP contribution in [0.25, 0.3) is 0 Å². The minimum Gasteiger partial charge on any atom is -0.372 e. The standard InChI is InChI=1S/C16H16O4S/c17-21(18)11-5-3-9-19-13-15-7-1-2-8-16(15)14-20-10-4-6-12-21/h1-4,7-8,11-12H,9-10,13-14H2. The summed E-state index contributed by atoms with van der Waals surface area (Å²) >= 11 is 0. The van der Waals surface area contributed by atoms with E-state index < -0.39 is 9.84 Å². The summed E-state index contributed by atoms with van der Waals surface area (Å²) in [6.07, 6.45) is 3.07. The maximum atomic E-state index is 11.5.